The molecule has 0 radical (unpaired) electrons. The van der Waals surface area contributed by atoms with Crippen LogP contribution in [0.1, 0.15) is 34.5 Å². The summed E-state index contributed by atoms with van der Waals surface area (Å²) in [6.45, 7) is 4.05. The van der Waals surface area contributed by atoms with Crippen LogP contribution in [0.25, 0.3) is 0 Å². The maximum Gasteiger partial charge on any atom is 0.253 e. The average molecular weight is 500 g/mol. The highest BCUT2D eigenvalue weighted by Gasteiger charge is 2.29. The number of nitrogens with zero attached hydrogens (tertiary/aromatic N) is 2. The van der Waals surface area contributed by atoms with Crippen LogP contribution in [0.5, 0.6) is 0 Å². The molecule has 0 atom stereocenters. The van der Waals surface area contributed by atoms with E-state index in [0.29, 0.717) is 31.7 Å². The van der Waals surface area contributed by atoms with Gasteiger partial charge < -0.3 is 4.90 Å². The molecule has 0 unspecified atom stereocenters. The van der Waals surface area contributed by atoms with Gasteiger partial charge in [-0.15, -0.1) is 0 Å². The van der Waals surface area contributed by atoms with E-state index in [1.165, 1.54) is 48.5 Å². The van der Waals surface area contributed by atoms with Gasteiger partial charge >= 0.3 is 0 Å². The molecule has 0 aliphatic carbocycles. The zero-order chi connectivity index (χ0) is 25.0. The van der Waals surface area contributed by atoms with Crippen molar-refractivity contribution in [1.82, 2.24) is 14.5 Å². The number of rotatable bonds is 7. The molecule has 0 saturated carbocycles. The number of piperazine rings is 1. The molecule has 3 aromatic rings. The standard InChI is InChI=1S/C26H27F2N3O3S/c1-2-29-35(33,34)24-13-7-21(8-14-24)26(32)31-17-15-30(16-18-31)25(19-3-9-22(27)10-4-19)20-5-11-23(28)12-6-20/h3-14,25,29H,2,15-18H2,1H3. The van der Waals surface area contributed by atoms with Crippen LogP contribution in [0.4, 0.5) is 8.78 Å². The summed E-state index contributed by atoms with van der Waals surface area (Å²) in [6.07, 6.45) is 0. The second kappa shape index (κ2) is 10.6. The minimum absolute atomic E-state index is 0.113. The normalized spacial score (nSPS) is 14.9. The fraction of sp³-hybridized carbons (Fsp3) is 0.269. The highest BCUT2D eigenvalue weighted by Crippen LogP contribution is 2.30. The zero-order valence-electron chi connectivity index (χ0n) is 19.3. The number of benzene rings is 3. The Hall–Kier alpha value is -3.14. The van der Waals surface area contributed by atoms with E-state index < -0.39 is 10.0 Å². The van der Waals surface area contributed by atoms with Crippen LogP contribution >= 0.6 is 0 Å². The Bertz CT molecular complexity index is 1210. The van der Waals surface area contributed by atoms with Crippen LogP contribution in [0, 0.1) is 11.6 Å². The lowest BCUT2D eigenvalue weighted by atomic mass is 9.96. The summed E-state index contributed by atoms with van der Waals surface area (Å²) < 4.78 is 53.8. The fourth-order valence-corrected chi connectivity index (χ4v) is 5.36. The third-order valence-corrected chi connectivity index (χ3v) is 7.65. The number of hydrogen-bond acceptors (Lipinski definition) is 4. The van der Waals surface area contributed by atoms with E-state index in [4.69, 9.17) is 0 Å². The Morgan fingerprint density at radius 1 is 0.829 bits per heavy atom. The first-order chi connectivity index (χ1) is 16.8. The monoisotopic (exact) mass is 499 g/mol. The SMILES string of the molecule is CCNS(=O)(=O)c1ccc(C(=O)N2CCN(C(c3ccc(F)cc3)c3ccc(F)cc3)CC2)cc1. The van der Waals surface area contributed by atoms with E-state index in [1.54, 1.807) is 36.1 Å². The largest absolute Gasteiger partial charge is 0.336 e. The molecule has 35 heavy (non-hydrogen) atoms. The second-order valence-corrected chi connectivity index (χ2v) is 10.1. The number of amides is 1. The van der Waals surface area contributed by atoms with Crippen molar-refractivity contribution in [3.05, 3.63) is 101 Å². The van der Waals surface area contributed by atoms with Crippen molar-refractivity contribution < 1.29 is 22.0 Å². The molecule has 0 bridgehead atoms. The number of carbonyl (C=O) groups is 1. The van der Waals surface area contributed by atoms with Crippen molar-refractivity contribution in [3.8, 4) is 0 Å². The first-order valence-corrected chi connectivity index (χ1v) is 12.9. The third-order valence-electron chi connectivity index (χ3n) is 6.08. The highest BCUT2D eigenvalue weighted by atomic mass is 32.2. The average Bonchev–Trinajstić information content (AvgIpc) is 2.86. The lowest BCUT2D eigenvalue weighted by Gasteiger charge is -2.39. The maximum absolute atomic E-state index is 13.5. The third kappa shape index (κ3) is 5.75. The summed E-state index contributed by atoms with van der Waals surface area (Å²) >= 11 is 0. The Kier molecular flexibility index (Phi) is 7.59. The number of sulfonamides is 1. The summed E-state index contributed by atoms with van der Waals surface area (Å²) in [5, 5.41) is 0. The van der Waals surface area contributed by atoms with Gasteiger partial charge in [0.25, 0.3) is 5.91 Å². The van der Waals surface area contributed by atoms with E-state index in [1.807, 2.05) is 0 Å². The molecule has 0 aromatic heterocycles. The van der Waals surface area contributed by atoms with Crippen LogP contribution in [0.2, 0.25) is 0 Å². The van der Waals surface area contributed by atoms with Crippen LogP contribution in [-0.4, -0.2) is 56.8 Å². The molecular weight excluding hydrogens is 472 g/mol. The van der Waals surface area contributed by atoms with Crippen molar-refractivity contribution in [2.24, 2.45) is 0 Å². The summed E-state index contributed by atoms with van der Waals surface area (Å²) in [5.41, 5.74) is 2.19. The van der Waals surface area contributed by atoms with Gasteiger partial charge in [-0.25, -0.2) is 21.9 Å². The molecule has 1 aliphatic heterocycles. The Labute approximate surface area is 204 Å². The van der Waals surface area contributed by atoms with Gasteiger partial charge in [-0.3, -0.25) is 9.69 Å². The summed E-state index contributed by atoms with van der Waals surface area (Å²) in [4.78, 5) is 17.1. The molecule has 1 aliphatic rings. The molecule has 1 N–H and O–H groups in total. The molecule has 1 fully saturated rings. The van der Waals surface area contributed by atoms with Crippen molar-refractivity contribution >= 4 is 15.9 Å². The number of nitrogens with one attached hydrogen (secondary N) is 1. The van der Waals surface area contributed by atoms with Gasteiger partial charge in [0.15, 0.2) is 0 Å². The molecule has 0 spiro atoms. The molecule has 4 rings (SSSR count). The zero-order valence-corrected chi connectivity index (χ0v) is 20.1. The van der Waals surface area contributed by atoms with Gasteiger partial charge in [-0.05, 0) is 59.7 Å². The topological polar surface area (TPSA) is 69.7 Å². The smallest absolute Gasteiger partial charge is 0.253 e. The minimum Gasteiger partial charge on any atom is -0.336 e. The van der Waals surface area contributed by atoms with E-state index >= 15 is 0 Å². The van der Waals surface area contributed by atoms with Crippen LogP contribution in [-0.2, 0) is 10.0 Å². The van der Waals surface area contributed by atoms with Crippen molar-refractivity contribution in [3.63, 3.8) is 0 Å². The van der Waals surface area contributed by atoms with Gasteiger partial charge in [-0.1, -0.05) is 31.2 Å². The Morgan fingerprint density at radius 3 is 1.77 bits per heavy atom. The molecule has 9 heteroatoms. The van der Waals surface area contributed by atoms with Crippen molar-refractivity contribution in [2.45, 2.75) is 17.9 Å². The molecule has 1 heterocycles. The molecular formula is C26H27F2N3O3S. The lowest BCUT2D eigenvalue weighted by Crippen LogP contribution is -2.49. The molecule has 3 aromatic carbocycles. The molecule has 1 amide bonds. The first-order valence-electron chi connectivity index (χ1n) is 11.4. The van der Waals surface area contributed by atoms with E-state index in [0.717, 1.165) is 11.1 Å². The Balaban J connectivity index is 1.48. The van der Waals surface area contributed by atoms with Gasteiger partial charge in [0.1, 0.15) is 11.6 Å². The number of hydrogen-bond donors (Lipinski definition) is 1. The van der Waals surface area contributed by atoms with E-state index in [2.05, 4.69) is 9.62 Å². The molecule has 6 nitrogen and oxygen atoms in total. The quantitative estimate of drug-likeness (QED) is 0.537. The van der Waals surface area contributed by atoms with Gasteiger partial charge in [0.2, 0.25) is 10.0 Å². The predicted octanol–water partition coefficient (Wildman–Crippen LogP) is 3.81. The van der Waals surface area contributed by atoms with Crippen LogP contribution in [0.15, 0.2) is 77.7 Å². The summed E-state index contributed by atoms with van der Waals surface area (Å²) in [5.74, 6) is -0.824. The van der Waals surface area contributed by atoms with Crippen LogP contribution in [0.3, 0.4) is 0 Å². The maximum atomic E-state index is 13.5. The van der Waals surface area contributed by atoms with Gasteiger partial charge in [0.05, 0.1) is 10.9 Å². The number of halogens is 2. The van der Waals surface area contributed by atoms with Crippen LogP contribution < -0.4 is 4.72 Å². The van der Waals surface area contributed by atoms with Crippen molar-refractivity contribution in [2.75, 3.05) is 32.7 Å². The summed E-state index contributed by atoms with van der Waals surface area (Å²) in [7, 11) is -3.58. The number of carbonyl (C=O) groups excluding carboxylic acids is 1. The Morgan fingerprint density at radius 2 is 1.31 bits per heavy atom. The van der Waals surface area contributed by atoms with E-state index in [-0.39, 0.29) is 35.0 Å². The summed E-state index contributed by atoms with van der Waals surface area (Å²) in [6, 6.07) is 18.2. The molecule has 1 saturated heterocycles. The predicted molar refractivity (Wildman–Crippen MR) is 129 cm³/mol. The molecule has 184 valence electrons. The van der Waals surface area contributed by atoms with Crippen molar-refractivity contribution in [1.29, 1.82) is 0 Å². The van der Waals surface area contributed by atoms with Gasteiger partial charge in [-0.2, -0.15) is 0 Å². The first kappa shape index (κ1) is 25.0. The lowest BCUT2D eigenvalue weighted by molar-refractivity contribution is 0.0597. The fourth-order valence-electron chi connectivity index (χ4n) is 4.32. The second-order valence-electron chi connectivity index (χ2n) is 8.36. The minimum atomic E-state index is -3.58. The highest BCUT2D eigenvalue weighted by molar-refractivity contribution is 7.89. The van der Waals surface area contributed by atoms with E-state index in [9.17, 15) is 22.0 Å². The van der Waals surface area contributed by atoms with Gasteiger partial charge in [0, 0.05) is 38.3 Å².